The standard InChI is InChI=1S/C20H17N3S.C2H6/c1-14-12-21-15(2)22-20(14)18-13-23(19-11-7-6-10-17(18)19)24-16-8-4-3-5-9-16;1-2/h3-13H,1-2H3;1-2H3. The van der Waals surface area contributed by atoms with Gasteiger partial charge in [-0.2, -0.15) is 0 Å². The van der Waals surface area contributed by atoms with Crippen LogP contribution in [0.3, 0.4) is 0 Å². The maximum Gasteiger partial charge on any atom is 0.125 e. The number of fused-ring (bicyclic) bond motifs is 1. The second kappa shape index (κ2) is 8.19. The molecule has 0 saturated carbocycles. The average Bonchev–Trinajstić information content (AvgIpc) is 3.05. The topological polar surface area (TPSA) is 30.7 Å². The summed E-state index contributed by atoms with van der Waals surface area (Å²) < 4.78 is 2.22. The van der Waals surface area contributed by atoms with Gasteiger partial charge in [-0.1, -0.05) is 50.2 Å². The fourth-order valence-corrected chi connectivity index (χ4v) is 3.73. The Hall–Kier alpha value is -2.59. The number of hydrogen-bond acceptors (Lipinski definition) is 3. The van der Waals surface area contributed by atoms with E-state index in [2.05, 4.69) is 75.6 Å². The van der Waals surface area contributed by atoms with Crippen LogP contribution in [0.25, 0.3) is 22.2 Å². The molecule has 132 valence electrons. The molecular weight excluding hydrogens is 338 g/mol. The molecule has 0 fully saturated rings. The van der Waals surface area contributed by atoms with Gasteiger partial charge in [0.05, 0.1) is 11.2 Å². The number of aryl methyl sites for hydroxylation is 2. The summed E-state index contributed by atoms with van der Waals surface area (Å²) in [5.74, 6) is 0.795. The van der Waals surface area contributed by atoms with Crippen molar-refractivity contribution in [1.82, 2.24) is 13.9 Å². The van der Waals surface area contributed by atoms with Gasteiger partial charge < -0.3 is 0 Å². The third-order valence-electron chi connectivity index (χ3n) is 3.97. The summed E-state index contributed by atoms with van der Waals surface area (Å²) in [5, 5.41) is 1.21. The van der Waals surface area contributed by atoms with Crippen molar-refractivity contribution in [3.8, 4) is 11.3 Å². The van der Waals surface area contributed by atoms with E-state index in [4.69, 9.17) is 0 Å². The minimum Gasteiger partial charge on any atom is -0.286 e. The van der Waals surface area contributed by atoms with Crippen molar-refractivity contribution in [2.75, 3.05) is 0 Å². The van der Waals surface area contributed by atoms with E-state index in [9.17, 15) is 0 Å². The summed E-state index contributed by atoms with van der Waals surface area (Å²) in [6, 6.07) is 18.9. The van der Waals surface area contributed by atoms with Crippen LogP contribution in [0, 0.1) is 13.8 Å². The van der Waals surface area contributed by atoms with E-state index in [1.54, 1.807) is 11.9 Å². The number of rotatable bonds is 3. The molecule has 4 rings (SSSR count). The highest BCUT2D eigenvalue weighted by Gasteiger charge is 2.14. The molecule has 0 bridgehead atoms. The van der Waals surface area contributed by atoms with Gasteiger partial charge in [0.2, 0.25) is 0 Å². The molecule has 0 aliphatic rings. The van der Waals surface area contributed by atoms with Gasteiger partial charge in [0.15, 0.2) is 0 Å². The molecule has 4 heteroatoms. The molecule has 4 aromatic rings. The van der Waals surface area contributed by atoms with E-state index < -0.39 is 0 Å². The van der Waals surface area contributed by atoms with Crippen molar-refractivity contribution in [2.24, 2.45) is 0 Å². The highest BCUT2D eigenvalue weighted by Crippen LogP contribution is 2.35. The molecule has 0 aliphatic heterocycles. The second-order valence-corrected chi connectivity index (χ2v) is 6.79. The smallest absolute Gasteiger partial charge is 0.125 e. The number of nitrogens with zero attached hydrogens (tertiary/aromatic N) is 3. The van der Waals surface area contributed by atoms with Gasteiger partial charge in [0.25, 0.3) is 0 Å². The van der Waals surface area contributed by atoms with Crippen LogP contribution < -0.4 is 0 Å². The molecule has 2 heterocycles. The minimum absolute atomic E-state index is 0.795. The van der Waals surface area contributed by atoms with Gasteiger partial charge in [-0.3, -0.25) is 3.97 Å². The maximum absolute atomic E-state index is 4.68. The van der Waals surface area contributed by atoms with Crippen LogP contribution in [0.5, 0.6) is 0 Å². The van der Waals surface area contributed by atoms with E-state index in [0.29, 0.717) is 0 Å². The molecule has 2 aromatic heterocycles. The molecule has 26 heavy (non-hydrogen) atoms. The summed E-state index contributed by atoms with van der Waals surface area (Å²) >= 11 is 1.72. The van der Waals surface area contributed by atoms with Crippen molar-refractivity contribution >= 4 is 22.9 Å². The van der Waals surface area contributed by atoms with E-state index in [1.807, 2.05) is 33.0 Å². The van der Waals surface area contributed by atoms with Crippen LogP contribution in [0.2, 0.25) is 0 Å². The van der Waals surface area contributed by atoms with Crippen molar-refractivity contribution in [3.05, 3.63) is 78.4 Å². The van der Waals surface area contributed by atoms with Crippen molar-refractivity contribution in [1.29, 1.82) is 0 Å². The van der Waals surface area contributed by atoms with Crippen molar-refractivity contribution in [2.45, 2.75) is 32.6 Å². The first kappa shape index (κ1) is 18.2. The number of benzene rings is 2. The summed E-state index contributed by atoms with van der Waals surface area (Å²) in [6.07, 6.45) is 4.07. The molecule has 2 aromatic carbocycles. The Morgan fingerprint density at radius 2 is 1.58 bits per heavy atom. The van der Waals surface area contributed by atoms with Crippen LogP contribution in [0.4, 0.5) is 0 Å². The Morgan fingerprint density at radius 1 is 0.885 bits per heavy atom. The Morgan fingerprint density at radius 3 is 2.35 bits per heavy atom. The number of aromatic nitrogens is 3. The van der Waals surface area contributed by atoms with Gasteiger partial charge in [0, 0.05) is 28.2 Å². The lowest BCUT2D eigenvalue weighted by atomic mass is 10.1. The summed E-state index contributed by atoms with van der Waals surface area (Å²) in [6.45, 7) is 7.99. The first-order chi connectivity index (χ1) is 12.7. The van der Waals surface area contributed by atoms with Crippen LogP contribution in [-0.2, 0) is 0 Å². The second-order valence-electron chi connectivity index (χ2n) is 5.74. The SMILES string of the molecule is CC.Cc1ncc(C)c(-c2cn(Sc3ccccc3)c3ccccc23)n1. The van der Waals surface area contributed by atoms with Gasteiger partial charge in [-0.05, 0) is 49.6 Å². The van der Waals surface area contributed by atoms with E-state index in [1.165, 1.54) is 15.8 Å². The zero-order chi connectivity index (χ0) is 18.5. The monoisotopic (exact) mass is 361 g/mol. The molecular formula is C22H23N3S. The summed E-state index contributed by atoms with van der Waals surface area (Å²) in [4.78, 5) is 10.2. The van der Waals surface area contributed by atoms with Crippen LogP contribution >= 0.6 is 11.9 Å². The Kier molecular flexibility index (Phi) is 5.74. The molecule has 0 saturated heterocycles. The maximum atomic E-state index is 4.68. The Labute approximate surface area is 159 Å². The predicted molar refractivity (Wildman–Crippen MR) is 111 cm³/mol. The third kappa shape index (κ3) is 3.65. The van der Waals surface area contributed by atoms with Gasteiger partial charge in [-0.25, -0.2) is 9.97 Å². The Bertz CT molecular complexity index is 1010. The zero-order valence-electron chi connectivity index (χ0n) is 15.6. The first-order valence-corrected chi connectivity index (χ1v) is 9.64. The molecule has 0 aliphatic carbocycles. The number of para-hydroxylation sites is 1. The van der Waals surface area contributed by atoms with Crippen molar-refractivity contribution in [3.63, 3.8) is 0 Å². The molecule has 0 unspecified atom stereocenters. The molecule has 0 N–H and O–H groups in total. The van der Waals surface area contributed by atoms with Crippen molar-refractivity contribution < 1.29 is 0 Å². The van der Waals surface area contributed by atoms with Crippen LogP contribution in [0.1, 0.15) is 25.2 Å². The van der Waals surface area contributed by atoms with Gasteiger partial charge >= 0.3 is 0 Å². The minimum atomic E-state index is 0.795. The fourth-order valence-electron chi connectivity index (χ4n) is 2.81. The number of hydrogen-bond donors (Lipinski definition) is 0. The molecule has 0 atom stereocenters. The largest absolute Gasteiger partial charge is 0.286 e. The van der Waals surface area contributed by atoms with Crippen LogP contribution in [-0.4, -0.2) is 13.9 Å². The molecule has 0 amide bonds. The molecule has 0 radical (unpaired) electrons. The lowest BCUT2D eigenvalue weighted by molar-refractivity contribution is 1.04. The quantitative estimate of drug-likeness (QED) is 0.429. The van der Waals surface area contributed by atoms with Gasteiger partial charge in [0.1, 0.15) is 5.82 Å². The zero-order valence-corrected chi connectivity index (χ0v) is 16.4. The first-order valence-electron chi connectivity index (χ1n) is 8.86. The molecule has 0 spiro atoms. The highest BCUT2D eigenvalue weighted by molar-refractivity contribution is 7.98. The molecule has 3 nitrogen and oxygen atoms in total. The third-order valence-corrected chi connectivity index (χ3v) is 4.95. The lowest BCUT2D eigenvalue weighted by Gasteiger charge is -2.04. The van der Waals surface area contributed by atoms with Gasteiger partial charge in [-0.15, -0.1) is 0 Å². The van der Waals surface area contributed by atoms with E-state index in [-0.39, 0.29) is 0 Å². The predicted octanol–water partition coefficient (Wildman–Crippen LogP) is 6.30. The normalized spacial score (nSPS) is 10.5. The van der Waals surface area contributed by atoms with Crippen LogP contribution in [0.15, 0.2) is 71.9 Å². The van der Waals surface area contributed by atoms with E-state index >= 15 is 0 Å². The summed E-state index contributed by atoms with van der Waals surface area (Å²) in [5.41, 5.74) is 4.44. The fraction of sp³-hybridized carbons (Fsp3) is 0.182. The average molecular weight is 362 g/mol. The Balaban J connectivity index is 0.000000948. The highest BCUT2D eigenvalue weighted by atomic mass is 32.2. The van der Waals surface area contributed by atoms with E-state index in [0.717, 1.165) is 22.6 Å². The lowest BCUT2D eigenvalue weighted by Crippen LogP contribution is -1.93. The summed E-state index contributed by atoms with van der Waals surface area (Å²) in [7, 11) is 0.